The zero-order valence-electron chi connectivity index (χ0n) is 13.4. The number of para-hydroxylation sites is 1. The predicted octanol–water partition coefficient (Wildman–Crippen LogP) is 5.07. The maximum Gasteiger partial charge on any atom is 0.229 e. The van der Waals surface area contributed by atoms with Crippen LogP contribution in [0.1, 0.15) is 11.3 Å². The Morgan fingerprint density at radius 3 is 2.44 bits per heavy atom. The monoisotopic (exact) mass is 360 g/mol. The van der Waals surface area contributed by atoms with E-state index < -0.39 is 11.6 Å². The maximum atomic E-state index is 13.8. The van der Waals surface area contributed by atoms with E-state index in [1.54, 1.807) is 19.1 Å². The lowest BCUT2D eigenvalue weighted by Crippen LogP contribution is -2.07. The highest BCUT2D eigenvalue weighted by Gasteiger charge is 2.11. The minimum atomic E-state index is -0.712. The molecule has 25 heavy (non-hydrogen) atoms. The van der Waals surface area contributed by atoms with E-state index in [-0.39, 0.29) is 11.6 Å². The van der Waals surface area contributed by atoms with Crippen molar-refractivity contribution < 1.29 is 8.78 Å². The van der Waals surface area contributed by atoms with Crippen LogP contribution in [-0.2, 0) is 6.54 Å². The number of hydrogen-bond donors (Lipinski definition) is 2. The Morgan fingerprint density at radius 2 is 1.72 bits per heavy atom. The minimum Gasteiger partial charge on any atom is -0.366 e. The number of benzene rings is 2. The molecule has 0 aliphatic heterocycles. The average Bonchev–Trinajstić information content (AvgIpc) is 2.57. The first-order valence-corrected chi connectivity index (χ1v) is 7.95. The van der Waals surface area contributed by atoms with Gasteiger partial charge in [-0.25, -0.2) is 13.8 Å². The molecule has 0 aliphatic rings. The van der Waals surface area contributed by atoms with Gasteiger partial charge in [0.2, 0.25) is 5.95 Å². The van der Waals surface area contributed by atoms with Crippen molar-refractivity contribution in [3.05, 3.63) is 76.4 Å². The summed E-state index contributed by atoms with van der Waals surface area (Å²) >= 11 is 6.13. The summed E-state index contributed by atoms with van der Waals surface area (Å²) in [6.07, 6.45) is 0. The highest BCUT2D eigenvalue weighted by atomic mass is 35.5. The van der Waals surface area contributed by atoms with Crippen molar-refractivity contribution in [3.8, 4) is 0 Å². The highest BCUT2D eigenvalue weighted by Crippen LogP contribution is 2.23. The Kier molecular flexibility index (Phi) is 5.09. The van der Waals surface area contributed by atoms with Crippen molar-refractivity contribution in [1.82, 2.24) is 9.97 Å². The highest BCUT2D eigenvalue weighted by molar-refractivity contribution is 6.31. The van der Waals surface area contributed by atoms with E-state index in [9.17, 15) is 8.78 Å². The molecule has 0 saturated heterocycles. The van der Waals surface area contributed by atoms with Gasteiger partial charge in [-0.05, 0) is 30.7 Å². The van der Waals surface area contributed by atoms with E-state index >= 15 is 0 Å². The van der Waals surface area contributed by atoms with Gasteiger partial charge < -0.3 is 10.6 Å². The molecule has 2 aromatic carbocycles. The van der Waals surface area contributed by atoms with E-state index in [2.05, 4.69) is 20.6 Å². The third kappa shape index (κ3) is 4.22. The van der Waals surface area contributed by atoms with Crippen molar-refractivity contribution in [1.29, 1.82) is 0 Å². The van der Waals surface area contributed by atoms with E-state index in [0.29, 0.717) is 23.1 Å². The molecule has 1 heterocycles. The van der Waals surface area contributed by atoms with Crippen molar-refractivity contribution >= 4 is 29.1 Å². The second kappa shape index (κ2) is 7.44. The molecule has 7 heteroatoms. The number of aryl methyl sites for hydroxylation is 1. The Balaban J connectivity index is 1.80. The van der Waals surface area contributed by atoms with Crippen molar-refractivity contribution in [2.24, 2.45) is 0 Å². The molecule has 2 N–H and O–H groups in total. The van der Waals surface area contributed by atoms with Crippen LogP contribution >= 0.6 is 11.6 Å². The Morgan fingerprint density at radius 1 is 1.00 bits per heavy atom. The fourth-order valence-corrected chi connectivity index (χ4v) is 2.47. The first-order valence-electron chi connectivity index (χ1n) is 7.57. The largest absolute Gasteiger partial charge is 0.366 e. The number of halogens is 3. The predicted molar refractivity (Wildman–Crippen MR) is 95.2 cm³/mol. The summed E-state index contributed by atoms with van der Waals surface area (Å²) in [4.78, 5) is 8.41. The van der Waals surface area contributed by atoms with Gasteiger partial charge in [-0.3, -0.25) is 0 Å². The summed E-state index contributed by atoms with van der Waals surface area (Å²) in [6, 6.07) is 12.8. The fraction of sp³-hybridized carbons (Fsp3) is 0.111. The number of anilines is 3. The van der Waals surface area contributed by atoms with Gasteiger partial charge >= 0.3 is 0 Å². The average molecular weight is 361 g/mol. The van der Waals surface area contributed by atoms with Gasteiger partial charge in [0.15, 0.2) is 0 Å². The fourth-order valence-electron chi connectivity index (χ4n) is 2.27. The van der Waals surface area contributed by atoms with Gasteiger partial charge in [0.05, 0.1) is 0 Å². The lowest BCUT2D eigenvalue weighted by atomic mass is 10.2. The van der Waals surface area contributed by atoms with Gasteiger partial charge in [-0.2, -0.15) is 4.98 Å². The second-order valence-electron chi connectivity index (χ2n) is 5.38. The number of rotatable bonds is 5. The molecule has 0 radical (unpaired) electrons. The number of aromatic nitrogens is 2. The van der Waals surface area contributed by atoms with Crippen LogP contribution in [0.15, 0.2) is 48.5 Å². The topological polar surface area (TPSA) is 49.8 Å². The molecule has 0 spiro atoms. The molecule has 4 nitrogen and oxygen atoms in total. The molecule has 0 fully saturated rings. The van der Waals surface area contributed by atoms with Crippen LogP contribution in [0.2, 0.25) is 5.02 Å². The van der Waals surface area contributed by atoms with E-state index in [1.807, 2.05) is 18.2 Å². The van der Waals surface area contributed by atoms with Crippen LogP contribution in [0.3, 0.4) is 0 Å². The van der Waals surface area contributed by atoms with Crippen LogP contribution in [-0.4, -0.2) is 9.97 Å². The number of nitrogens with zero attached hydrogens (tertiary/aromatic N) is 2. The van der Waals surface area contributed by atoms with Gasteiger partial charge in [-0.15, -0.1) is 0 Å². The summed E-state index contributed by atoms with van der Waals surface area (Å²) in [6.45, 7) is 2.23. The molecule has 3 rings (SSSR count). The standard InChI is InChI=1S/C18H15ClF2N4/c1-11-9-16(22-10-12-5-2-3-6-13(12)19)24-18(23-11)25-17-14(20)7-4-8-15(17)21/h2-9H,10H2,1H3,(H2,22,23,24,25). The third-order valence-electron chi connectivity index (χ3n) is 3.47. The molecular formula is C18H15ClF2N4. The summed E-state index contributed by atoms with van der Waals surface area (Å²) in [7, 11) is 0. The van der Waals surface area contributed by atoms with Gasteiger partial charge in [0, 0.05) is 23.3 Å². The van der Waals surface area contributed by atoms with Crippen LogP contribution in [0, 0.1) is 18.6 Å². The molecule has 128 valence electrons. The lowest BCUT2D eigenvalue weighted by Gasteiger charge is -2.11. The quantitative estimate of drug-likeness (QED) is 0.666. The zero-order valence-corrected chi connectivity index (χ0v) is 14.1. The Hall–Kier alpha value is -2.73. The van der Waals surface area contributed by atoms with Gasteiger partial charge in [-0.1, -0.05) is 35.9 Å². The molecule has 0 unspecified atom stereocenters. The SMILES string of the molecule is Cc1cc(NCc2ccccc2Cl)nc(Nc2c(F)cccc2F)n1. The molecule has 0 saturated carbocycles. The van der Waals surface area contributed by atoms with Crippen LogP contribution < -0.4 is 10.6 Å². The minimum absolute atomic E-state index is 0.102. The molecule has 0 amide bonds. The van der Waals surface area contributed by atoms with Gasteiger partial charge in [0.25, 0.3) is 0 Å². The van der Waals surface area contributed by atoms with Crippen molar-refractivity contribution in [2.45, 2.75) is 13.5 Å². The summed E-state index contributed by atoms with van der Waals surface area (Å²) < 4.78 is 27.5. The second-order valence-corrected chi connectivity index (χ2v) is 5.79. The Labute approximate surface area is 148 Å². The van der Waals surface area contributed by atoms with Crippen LogP contribution in [0.25, 0.3) is 0 Å². The number of hydrogen-bond acceptors (Lipinski definition) is 4. The summed E-state index contributed by atoms with van der Waals surface area (Å²) in [5.41, 5.74) is 1.27. The molecule has 3 aromatic rings. The summed E-state index contributed by atoms with van der Waals surface area (Å²) in [5, 5.41) is 6.37. The van der Waals surface area contributed by atoms with Crippen LogP contribution in [0.5, 0.6) is 0 Å². The smallest absolute Gasteiger partial charge is 0.229 e. The number of nitrogens with one attached hydrogen (secondary N) is 2. The first-order chi connectivity index (χ1) is 12.0. The van der Waals surface area contributed by atoms with Crippen molar-refractivity contribution in [2.75, 3.05) is 10.6 Å². The maximum absolute atomic E-state index is 13.8. The normalized spacial score (nSPS) is 10.6. The zero-order chi connectivity index (χ0) is 17.8. The molecule has 0 aliphatic carbocycles. The Bertz CT molecular complexity index is 882. The van der Waals surface area contributed by atoms with E-state index in [0.717, 1.165) is 17.7 Å². The first kappa shape index (κ1) is 17.1. The van der Waals surface area contributed by atoms with Crippen molar-refractivity contribution in [3.63, 3.8) is 0 Å². The summed E-state index contributed by atoms with van der Waals surface area (Å²) in [5.74, 6) is -0.802. The molecule has 0 atom stereocenters. The van der Waals surface area contributed by atoms with Crippen LogP contribution in [0.4, 0.5) is 26.2 Å². The van der Waals surface area contributed by atoms with Gasteiger partial charge in [0.1, 0.15) is 23.1 Å². The molecule has 0 bridgehead atoms. The lowest BCUT2D eigenvalue weighted by molar-refractivity contribution is 0.590. The molecule has 1 aromatic heterocycles. The molecular weight excluding hydrogens is 346 g/mol. The third-order valence-corrected chi connectivity index (χ3v) is 3.84. The van der Waals surface area contributed by atoms with E-state index in [4.69, 9.17) is 11.6 Å². The van der Waals surface area contributed by atoms with E-state index in [1.165, 1.54) is 6.07 Å².